The molecule has 3 rings (SSSR count). The van der Waals surface area contributed by atoms with Crippen molar-refractivity contribution in [2.24, 2.45) is 5.92 Å². The number of fused-ring (bicyclic) bond motifs is 3. The molecule has 8 heteroatoms. The van der Waals surface area contributed by atoms with Crippen LogP contribution in [-0.4, -0.2) is 79.8 Å². The Bertz CT molecular complexity index is 993. The van der Waals surface area contributed by atoms with Gasteiger partial charge in [-0.05, 0) is 49.2 Å². The molecule has 0 saturated carbocycles. The van der Waals surface area contributed by atoms with Crippen LogP contribution in [0.1, 0.15) is 36.8 Å². The lowest BCUT2D eigenvalue weighted by Crippen LogP contribution is -2.42. The molecule has 0 saturated heterocycles. The van der Waals surface area contributed by atoms with Crippen LogP contribution in [0.5, 0.6) is 0 Å². The van der Waals surface area contributed by atoms with Crippen molar-refractivity contribution in [3.05, 3.63) is 59.7 Å². The van der Waals surface area contributed by atoms with Crippen LogP contribution in [0.25, 0.3) is 11.1 Å². The first-order chi connectivity index (χ1) is 16.8. The van der Waals surface area contributed by atoms with Crippen molar-refractivity contribution < 1.29 is 24.2 Å². The number of carbonyl (C=O) groups excluding carboxylic acids is 2. The van der Waals surface area contributed by atoms with Gasteiger partial charge >= 0.3 is 12.1 Å². The number of nitrogens with zero attached hydrogens (tertiary/aromatic N) is 2. The van der Waals surface area contributed by atoms with Crippen molar-refractivity contribution in [1.82, 2.24) is 15.1 Å². The average molecular weight is 482 g/mol. The predicted molar refractivity (Wildman–Crippen MR) is 134 cm³/mol. The number of hydrogen-bond donors (Lipinski definition) is 2. The van der Waals surface area contributed by atoms with E-state index in [0.29, 0.717) is 32.5 Å². The van der Waals surface area contributed by atoms with Crippen LogP contribution in [0.15, 0.2) is 48.5 Å². The number of likely N-dealkylation sites (N-methyl/N-ethyl adjacent to an activating group) is 1. The van der Waals surface area contributed by atoms with E-state index in [1.807, 2.05) is 43.3 Å². The monoisotopic (exact) mass is 481 g/mol. The van der Waals surface area contributed by atoms with E-state index in [9.17, 15) is 14.4 Å². The summed E-state index contributed by atoms with van der Waals surface area (Å²) in [6, 6.07) is 16.4. The van der Waals surface area contributed by atoms with Crippen molar-refractivity contribution in [3.63, 3.8) is 0 Å². The molecule has 0 heterocycles. The fraction of sp³-hybridized carbons (Fsp3) is 0.444. The fourth-order valence-electron chi connectivity index (χ4n) is 4.43. The molecule has 0 bridgehead atoms. The van der Waals surface area contributed by atoms with E-state index in [4.69, 9.17) is 9.84 Å². The predicted octanol–water partition coefficient (Wildman–Crippen LogP) is 3.42. The highest BCUT2D eigenvalue weighted by atomic mass is 16.5. The van der Waals surface area contributed by atoms with Crippen molar-refractivity contribution >= 4 is 18.0 Å². The van der Waals surface area contributed by atoms with Crippen LogP contribution < -0.4 is 5.32 Å². The molecule has 2 aromatic rings. The number of aliphatic carboxylic acids is 1. The van der Waals surface area contributed by atoms with Gasteiger partial charge in [-0.3, -0.25) is 9.59 Å². The normalized spacial score (nSPS) is 13.1. The van der Waals surface area contributed by atoms with Crippen LogP contribution in [0.4, 0.5) is 4.79 Å². The highest BCUT2D eigenvalue weighted by Crippen LogP contribution is 2.44. The van der Waals surface area contributed by atoms with Crippen molar-refractivity contribution in [3.8, 4) is 11.1 Å². The van der Waals surface area contributed by atoms with Crippen molar-refractivity contribution in [1.29, 1.82) is 0 Å². The third-order valence-electron chi connectivity index (χ3n) is 6.30. The summed E-state index contributed by atoms with van der Waals surface area (Å²) < 4.78 is 5.54. The van der Waals surface area contributed by atoms with Gasteiger partial charge in [-0.2, -0.15) is 0 Å². The largest absolute Gasteiger partial charge is 0.480 e. The summed E-state index contributed by atoms with van der Waals surface area (Å²) in [6.07, 6.45) is 0.649. The second-order valence-electron chi connectivity index (χ2n) is 9.25. The number of carboxylic acids is 1. The first kappa shape index (κ1) is 26.2. The van der Waals surface area contributed by atoms with Gasteiger partial charge in [-0.1, -0.05) is 55.5 Å². The minimum Gasteiger partial charge on any atom is -0.480 e. The number of carbonyl (C=O) groups is 3. The first-order valence-corrected chi connectivity index (χ1v) is 12.0. The second kappa shape index (κ2) is 12.4. The maximum atomic E-state index is 12.7. The molecule has 0 spiro atoms. The van der Waals surface area contributed by atoms with Gasteiger partial charge in [0, 0.05) is 31.5 Å². The molecule has 35 heavy (non-hydrogen) atoms. The van der Waals surface area contributed by atoms with Gasteiger partial charge in [-0.15, -0.1) is 0 Å². The molecule has 0 aromatic heterocycles. The van der Waals surface area contributed by atoms with Gasteiger partial charge < -0.3 is 25.0 Å². The molecule has 0 radical (unpaired) electrons. The van der Waals surface area contributed by atoms with E-state index in [1.54, 1.807) is 6.92 Å². The number of nitrogens with one attached hydrogen (secondary N) is 1. The molecule has 0 aliphatic heterocycles. The first-order valence-electron chi connectivity index (χ1n) is 12.0. The van der Waals surface area contributed by atoms with E-state index in [1.165, 1.54) is 16.0 Å². The Hall–Kier alpha value is -3.39. The van der Waals surface area contributed by atoms with E-state index in [2.05, 4.69) is 29.6 Å². The van der Waals surface area contributed by atoms with Gasteiger partial charge in [0.1, 0.15) is 13.2 Å². The minimum atomic E-state index is -1.03. The smallest absolute Gasteiger partial charge is 0.407 e. The summed E-state index contributed by atoms with van der Waals surface area (Å²) >= 11 is 0. The molecule has 2 N–H and O–H groups in total. The number of carboxylic acid groups (broad SMARTS) is 1. The summed E-state index contributed by atoms with van der Waals surface area (Å²) in [5.41, 5.74) is 4.68. The highest BCUT2D eigenvalue weighted by Gasteiger charge is 2.29. The maximum absolute atomic E-state index is 12.7. The number of alkyl carbamates (subject to hydrolysis) is 1. The number of amides is 2. The number of benzene rings is 2. The van der Waals surface area contributed by atoms with Crippen LogP contribution in [0.3, 0.4) is 0 Å². The summed E-state index contributed by atoms with van der Waals surface area (Å²) in [4.78, 5) is 39.4. The Morgan fingerprint density at radius 2 is 1.60 bits per heavy atom. The van der Waals surface area contributed by atoms with Crippen molar-refractivity contribution in [2.75, 3.05) is 46.9 Å². The molecule has 1 aliphatic rings. The van der Waals surface area contributed by atoms with E-state index >= 15 is 0 Å². The average Bonchev–Trinajstić information content (AvgIpc) is 3.16. The number of hydrogen-bond acceptors (Lipinski definition) is 5. The summed E-state index contributed by atoms with van der Waals surface area (Å²) in [5.74, 6) is -1.54. The quantitative estimate of drug-likeness (QED) is 0.451. The molecular formula is C27H35N3O5. The third kappa shape index (κ3) is 7.05. The van der Waals surface area contributed by atoms with Gasteiger partial charge in [0.2, 0.25) is 5.91 Å². The zero-order valence-electron chi connectivity index (χ0n) is 20.7. The Balaban J connectivity index is 1.43. The molecule has 1 atom stereocenters. The lowest BCUT2D eigenvalue weighted by atomic mass is 9.98. The van der Waals surface area contributed by atoms with Gasteiger partial charge in [0.15, 0.2) is 0 Å². The van der Waals surface area contributed by atoms with Crippen LogP contribution in [0, 0.1) is 5.92 Å². The Morgan fingerprint density at radius 1 is 1.00 bits per heavy atom. The summed E-state index contributed by atoms with van der Waals surface area (Å²) in [5, 5.41) is 11.9. The van der Waals surface area contributed by atoms with Crippen molar-refractivity contribution in [2.45, 2.75) is 25.7 Å². The van der Waals surface area contributed by atoms with E-state index < -0.39 is 12.1 Å². The Kier molecular flexibility index (Phi) is 9.25. The molecule has 188 valence electrons. The van der Waals surface area contributed by atoms with Gasteiger partial charge in [0.25, 0.3) is 0 Å². The van der Waals surface area contributed by atoms with E-state index in [-0.39, 0.29) is 30.9 Å². The molecule has 1 unspecified atom stereocenters. The second-order valence-corrected chi connectivity index (χ2v) is 9.25. The topological polar surface area (TPSA) is 99.2 Å². The standard InChI is InChI=1S/C27H35N3O5/c1-19(26(33)30(17-25(31)32)16-15-29(2)3)9-8-14-28-27(34)35-18-24-22-12-6-4-10-20(22)21-11-5-7-13-23(21)24/h4-7,10-13,19,24H,8-9,14-18H2,1-3H3,(H,28,34)(H,31,32). The van der Waals surface area contributed by atoms with Crippen LogP contribution in [-0.2, 0) is 14.3 Å². The molecule has 2 amide bonds. The third-order valence-corrected chi connectivity index (χ3v) is 6.30. The summed E-state index contributed by atoms with van der Waals surface area (Å²) in [6.45, 7) is 3.07. The zero-order chi connectivity index (χ0) is 25.4. The Labute approximate surface area is 206 Å². The van der Waals surface area contributed by atoms with Gasteiger partial charge in [-0.25, -0.2) is 4.79 Å². The fourth-order valence-corrected chi connectivity index (χ4v) is 4.43. The molecular weight excluding hydrogens is 446 g/mol. The minimum absolute atomic E-state index is 0.00757. The highest BCUT2D eigenvalue weighted by molar-refractivity contribution is 5.83. The summed E-state index contributed by atoms with van der Waals surface area (Å²) in [7, 11) is 3.75. The Morgan fingerprint density at radius 3 is 2.17 bits per heavy atom. The van der Waals surface area contributed by atoms with Crippen LogP contribution >= 0.6 is 0 Å². The van der Waals surface area contributed by atoms with Crippen LogP contribution in [0.2, 0.25) is 0 Å². The molecule has 8 nitrogen and oxygen atoms in total. The molecule has 2 aromatic carbocycles. The molecule has 1 aliphatic carbocycles. The number of rotatable bonds is 12. The van der Waals surface area contributed by atoms with E-state index in [0.717, 1.165) is 11.1 Å². The maximum Gasteiger partial charge on any atom is 0.407 e. The number of ether oxygens (including phenoxy) is 1. The lowest BCUT2D eigenvalue weighted by molar-refractivity contribution is -0.146. The van der Waals surface area contributed by atoms with Gasteiger partial charge in [0.05, 0.1) is 0 Å². The SMILES string of the molecule is CC(CCCNC(=O)OCC1c2ccccc2-c2ccccc21)C(=O)N(CCN(C)C)CC(=O)O. The zero-order valence-corrected chi connectivity index (χ0v) is 20.7. The molecule has 0 fully saturated rings. The lowest BCUT2D eigenvalue weighted by Gasteiger charge is -2.25.